The Labute approximate surface area is 184 Å². The number of sulfonamides is 1. The highest BCUT2D eigenvalue weighted by Gasteiger charge is 2.28. The molecule has 1 amide bonds. The number of rotatable bonds is 7. The summed E-state index contributed by atoms with van der Waals surface area (Å²) in [5.74, 6) is -0.0728. The van der Waals surface area contributed by atoms with Crippen molar-refractivity contribution < 1.29 is 17.6 Å². The lowest BCUT2D eigenvalue weighted by atomic mass is 10.1. The number of halogens is 1. The van der Waals surface area contributed by atoms with Gasteiger partial charge in [-0.15, -0.1) is 0 Å². The van der Waals surface area contributed by atoms with E-state index < -0.39 is 22.5 Å². The van der Waals surface area contributed by atoms with E-state index in [1.54, 1.807) is 18.2 Å². The molecule has 158 valence electrons. The predicted octanol–water partition coefficient (Wildman–Crippen LogP) is 4.31. The first kappa shape index (κ1) is 21.0. The average molecular weight is 456 g/mol. The fourth-order valence-electron chi connectivity index (χ4n) is 3.09. The first-order valence-corrected chi connectivity index (χ1v) is 11.2. The second-order valence-corrected chi connectivity index (χ2v) is 9.10. The number of carbonyl (C=O) groups is 1. The summed E-state index contributed by atoms with van der Waals surface area (Å²) in [6, 6.07) is 19.3. The molecule has 7 nitrogen and oxygen atoms in total. The molecule has 2 aromatic heterocycles. The van der Waals surface area contributed by atoms with Crippen LogP contribution in [0, 0.1) is 0 Å². The molecule has 2 aromatic carbocycles. The minimum Gasteiger partial charge on any atom is -0.468 e. The zero-order valence-corrected chi connectivity index (χ0v) is 17.8. The third-order valence-corrected chi connectivity index (χ3v) is 6.60. The number of fused-ring (bicyclic) bond motifs is 1. The largest absolute Gasteiger partial charge is 0.468 e. The van der Waals surface area contributed by atoms with Crippen LogP contribution in [-0.4, -0.2) is 30.2 Å². The van der Waals surface area contributed by atoms with Gasteiger partial charge < -0.3 is 9.73 Å². The van der Waals surface area contributed by atoms with Crippen LogP contribution in [0.2, 0.25) is 5.15 Å². The van der Waals surface area contributed by atoms with Crippen LogP contribution in [0.15, 0.2) is 88.5 Å². The molecular formula is C22H18ClN3O4S. The van der Waals surface area contributed by atoms with E-state index >= 15 is 0 Å². The number of nitrogens with one attached hydrogen (secondary N) is 1. The van der Waals surface area contributed by atoms with Crippen LogP contribution in [0.1, 0.15) is 5.76 Å². The van der Waals surface area contributed by atoms with Gasteiger partial charge in [0.2, 0.25) is 15.9 Å². The van der Waals surface area contributed by atoms with Crippen molar-refractivity contribution in [2.75, 3.05) is 11.9 Å². The Kier molecular flexibility index (Phi) is 6.03. The quantitative estimate of drug-likeness (QED) is 0.419. The van der Waals surface area contributed by atoms with Crippen molar-refractivity contribution in [3.05, 3.63) is 90.1 Å². The SMILES string of the molecule is O=C(CN(Cc1ccco1)S(=O)(=O)c1ccc(Cl)nc1)Nc1ccc2ccccc2c1. The van der Waals surface area contributed by atoms with Gasteiger partial charge in [0, 0.05) is 11.9 Å². The van der Waals surface area contributed by atoms with E-state index in [9.17, 15) is 13.2 Å². The summed E-state index contributed by atoms with van der Waals surface area (Å²) in [5.41, 5.74) is 0.576. The van der Waals surface area contributed by atoms with Gasteiger partial charge in [-0.1, -0.05) is 41.9 Å². The number of carbonyl (C=O) groups excluding carboxylic acids is 1. The lowest BCUT2D eigenvalue weighted by Gasteiger charge is -2.21. The molecule has 4 rings (SSSR count). The van der Waals surface area contributed by atoms with Crippen molar-refractivity contribution >= 4 is 44.0 Å². The Morgan fingerprint density at radius 1 is 1.03 bits per heavy atom. The predicted molar refractivity (Wildman–Crippen MR) is 118 cm³/mol. The lowest BCUT2D eigenvalue weighted by molar-refractivity contribution is -0.116. The number of hydrogen-bond acceptors (Lipinski definition) is 5. The second-order valence-electron chi connectivity index (χ2n) is 6.78. The summed E-state index contributed by atoms with van der Waals surface area (Å²) in [6.07, 6.45) is 2.60. The third kappa shape index (κ3) is 4.93. The summed E-state index contributed by atoms with van der Waals surface area (Å²) in [7, 11) is -4.02. The van der Waals surface area contributed by atoms with Gasteiger partial charge in [0.05, 0.1) is 19.4 Å². The Morgan fingerprint density at radius 3 is 2.55 bits per heavy atom. The Morgan fingerprint density at radius 2 is 1.84 bits per heavy atom. The third-order valence-electron chi connectivity index (χ3n) is 4.60. The molecule has 0 saturated carbocycles. The number of nitrogens with zero attached hydrogens (tertiary/aromatic N) is 2. The highest BCUT2D eigenvalue weighted by Crippen LogP contribution is 2.21. The number of aromatic nitrogens is 1. The van der Waals surface area contributed by atoms with E-state index in [1.165, 1.54) is 18.4 Å². The van der Waals surface area contributed by atoms with Crippen LogP contribution >= 0.6 is 11.6 Å². The van der Waals surface area contributed by atoms with E-state index in [0.29, 0.717) is 11.4 Å². The van der Waals surface area contributed by atoms with E-state index in [1.807, 2.05) is 36.4 Å². The molecule has 0 spiro atoms. The normalized spacial score (nSPS) is 11.7. The summed E-state index contributed by atoms with van der Waals surface area (Å²) < 4.78 is 32.6. The van der Waals surface area contributed by atoms with Crippen molar-refractivity contribution in [3.8, 4) is 0 Å². The Bertz CT molecular complexity index is 1310. The Hall–Kier alpha value is -3.20. The number of amides is 1. The molecule has 0 aliphatic rings. The van der Waals surface area contributed by atoms with E-state index in [2.05, 4.69) is 10.3 Å². The van der Waals surface area contributed by atoms with Gasteiger partial charge in [-0.05, 0) is 47.2 Å². The van der Waals surface area contributed by atoms with Crippen molar-refractivity contribution in [2.24, 2.45) is 0 Å². The average Bonchev–Trinajstić information content (AvgIpc) is 3.27. The summed E-state index contributed by atoms with van der Waals surface area (Å²) in [4.78, 5) is 16.5. The molecule has 0 saturated heterocycles. The summed E-state index contributed by atoms with van der Waals surface area (Å²) in [5, 5.41) is 4.94. The van der Waals surface area contributed by atoms with Gasteiger partial charge in [0.15, 0.2) is 0 Å². The van der Waals surface area contributed by atoms with Crippen molar-refractivity contribution in [2.45, 2.75) is 11.4 Å². The minimum absolute atomic E-state index is 0.0676. The maximum atomic E-state index is 13.2. The molecule has 0 atom stereocenters. The van der Waals surface area contributed by atoms with E-state index in [4.69, 9.17) is 16.0 Å². The molecule has 0 fully saturated rings. The fraction of sp³-hybridized carbons (Fsp3) is 0.0909. The van der Waals surface area contributed by atoms with Crippen LogP contribution in [0.5, 0.6) is 0 Å². The van der Waals surface area contributed by atoms with Gasteiger partial charge in [-0.2, -0.15) is 4.31 Å². The lowest BCUT2D eigenvalue weighted by Crippen LogP contribution is -2.37. The van der Waals surface area contributed by atoms with Crippen molar-refractivity contribution in [1.82, 2.24) is 9.29 Å². The number of benzene rings is 2. The zero-order chi connectivity index (χ0) is 21.8. The maximum Gasteiger partial charge on any atom is 0.245 e. The number of anilines is 1. The number of hydrogen-bond donors (Lipinski definition) is 1. The van der Waals surface area contributed by atoms with Crippen LogP contribution < -0.4 is 5.32 Å². The second kappa shape index (κ2) is 8.89. The topological polar surface area (TPSA) is 92.5 Å². The van der Waals surface area contributed by atoms with Gasteiger partial charge in [0.1, 0.15) is 15.8 Å². The summed E-state index contributed by atoms with van der Waals surface area (Å²) >= 11 is 5.77. The molecular weight excluding hydrogens is 438 g/mol. The van der Waals surface area contributed by atoms with E-state index in [-0.39, 0.29) is 16.6 Å². The van der Waals surface area contributed by atoms with Gasteiger partial charge in [-0.3, -0.25) is 4.79 Å². The maximum absolute atomic E-state index is 13.2. The Balaban J connectivity index is 1.57. The molecule has 2 heterocycles. The van der Waals surface area contributed by atoms with Crippen molar-refractivity contribution in [1.29, 1.82) is 0 Å². The van der Waals surface area contributed by atoms with Gasteiger partial charge in [-0.25, -0.2) is 13.4 Å². The van der Waals surface area contributed by atoms with Crippen LogP contribution in [0.4, 0.5) is 5.69 Å². The highest BCUT2D eigenvalue weighted by molar-refractivity contribution is 7.89. The van der Waals surface area contributed by atoms with Gasteiger partial charge in [0.25, 0.3) is 0 Å². The first-order valence-electron chi connectivity index (χ1n) is 9.34. The van der Waals surface area contributed by atoms with Crippen LogP contribution in [-0.2, 0) is 21.4 Å². The van der Waals surface area contributed by atoms with Gasteiger partial charge >= 0.3 is 0 Å². The fourth-order valence-corrected chi connectivity index (χ4v) is 4.51. The summed E-state index contributed by atoms with van der Waals surface area (Å²) in [6.45, 7) is -0.512. The molecule has 0 aliphatic heterocycles. The smallest absolute Gasteiger partial charge is 0.245 e. The highest BCUT2D eigenvalue weighted by atomic mass is 35.5. The molecule has 31 heavy (non-hydrogen) atoms. The molecule has 1 N–H and O–H groups in total. The minimum atomic E-state index is -4.02. The molecule has 0 bridgehead atoms. The molecule has 0 radical (unpaired) electrons. The molecule has 4 aromatic rings. The number of furan rings is 1. The first-order chi connectivity index (χ1) is 14.9. The molecule has 0 unspecified atom stereocenters. The molecule has 0 aliphatic carbocycles. The van der Waals surface area contributed by atoms with Crippen LogP contribution in [0.25, 0.3) is 10.8 Å². The monoisotopic (exact) mass is 455 g/mol. The molecule has 9 heteroatoms. The van der Waals surface area contributed by atoms with Crippen molar-refractivity contribution in [3.63, 3.8) is 0 Å². The zero-order valence-electron chi connectivity index (χ0n) is 16.2. The standard InChI is InChI=1S/C22H18ClN3O4S/c23-21-10-9-20(13-24-21)31(28,29)26(14-19-6-3-11-30-19)15-22(27)25-18-8-7-16-4-1-2-5-17(16)12-18/h1-13H,14-15H2,(H,25,27). The van der Waals surface area contributed by atoms with Crippen LogP contribution in [0.3, 0.4) is 0 Å². The number of pyridine rings is 1. The van der Waals surface area contributed by atoms with E-state index in [0.717, 1.165) is 21.3 Å².